The lowest BCUT2D eigenvalue weighted by molar-refractivity contribution is 0.410. The van der Waals surface area contributed by atoms with Crippen molar-refractivity contribution in [2.45, 2.75) is 84.1 Å². The van der Waals surface area contributed by atoms with E-state index in [1.807, 2.05) is 24.3 Å². The van der Waals surface area contributed by atoms with Crippen molar-refractivity contribution in [3.8, 4) is 0 Å². The maximum atomic E-state index is 6.17. The highest BCUT2D eigenvalue weighted by atomic mass is 15.8. The zero-order valence-corrected chi connectivity index (χ0v) is 19.6. The number of nitrogens with two attached hydrogens (primary N) is 2. The van der Waals surface area contributed by atoms with Crippen molar-refractivity contribution in [3.05, 3.63) is 29.8 Å². The molecule has 9 heteroatoms. The number of nitrogens with one attached hydrogen (secondary N) is 3. The molecule has 1 aromatic heterocycles. The molecule has 2 aliphatic rings. The fourth-order valence-corrected chi connectivity index (χ4v) is 4.29. The van der Waals surface area contributed by atoms with Crippen molar-refractivity contribution >= 4 is 29.0 Å². The molecule has 1 aliphatic heterocycles. The van der Waals surface area contributed by atoms with Crippen LogP contribution in [0.3, 0.4) is 0 Å². The second-order valence-electron chi connectivity index (χ2n) is 9.40. The van der Waals surface area contributed by atoms with Gasteiger partial charge in [0.05, 0.1) is 0 Å². The van der Waals surface area contributed by atoms with Gasteiger partial charge in [-0.3, -0.25) is 10.0 Å². The van der Waals surface area contributed by atoms with Crippen molar-refractivity contribution in [1.82, 2.24) is 15.5 Å². The first-order valence-electron chi connectivity index (χ1n) is 11.7. The van der Waals surface area contributed by atoms with Crippen LogP contribution in [-0.2, 0) is 6.54 Å². The first kappa shape index (κ1) is 22.4. The van der Waals surface area contributed by atoms with E-state index in [4.69, 9.17) is 21.4 Å². The number of benzene rings is 1. The van der Waals surface area contributed by atoms with E-state index in [0.29, 0.717) is 24.6 Å². The summed E-state index contributed by atoms with van der Waals surface area (Å²) in [5.74, 6) is 2.31. The van der Waals surface area contributed by atoms with E-state index in [2.05, 4.69) is 53.9 Å². The molecule has 2 aromatic rings. The highest BCUT2D eigenvalue weighted by Gasteiger charge is 2.35. The first-order chi connectivity index (χ1) is 15.3. The van der Waals surface area contributed by atoms with Gasteiger partial charge in [0.2, 0.25) is 5.95 Å². The van der Waals surface area contributed by atoms with Gasteiger partial charge in [0.1, 0.15) is 5.69 Å². The van der Waals surface area contributed by atoms with Gasteiger partial charge in [-0.25, -0.2) is 0 Å². The summed E-state index contributed by atoms with van der Waals surface area (Å²) in [7, 11) is 0. The minimum absolute atomic E-state index is 0.224. The average Bonchev–Trinajstić information content (AvgIpc) is 3.15. The van der Waals surface area contributed by atoms with E-state index in [9.17, 15) is 0 Å². The van der Waals surface area contributed by atoms with Crippen molar-refractivity contribution in [1.29, 1.82) is 0 Å². The minimum Gasteiger partial charge on any atom is -0.398 e. The number of hydrazine groups is 2. The van der Waals surface area contributed by atoms with Gasteiger partial charge in [-0.15, -0.1) is 5.53 Å². The first-order valence-corrected chi connectivity index (χ1v) is 11.7. The molecule has 1 saturated carbocycles. The molecule has 0 atom stereocenters. The molecular formula is C23H37N9. The van der Waals surface area contributed by atoms with Gasteiger partial charge in [-0.1, -0.05) is 18.2 Å². The van der Waals surface area contributed by atoms with Crippen LogP contribution in [0.1, 0.15) is 58.9 Å². The van der Waals surface area contributed by atoms with Crippen LogP contribution in [0.4, 0.5) is 29.0 Å². The number of hydrogen-bond acceptors (Lipinski definition) is 9. The van der Waals surface area contributed by atoms with Crippen molar-refractivity contribution in [2.75, 3.05) is 26.4 Å². The predicted octanol–water partition coefficient (Wildman–Crippen LogP) is 3.22. The highest BCUT2D eigenvalue weighted by molar-refractivity contribution is 5.83. The quantitative estimate of drug-likeness (QED) is 0.414. The Morgan fingerprint density at radius 3 is 2.38 bits per heavy atom. The Kier molecular flexibility index (Phi) is 6.57. The SMILES string of the molecule is CC(C)N1NN(C(C)C)c2c(NCc3ccccc3N)nc(NC3CCC(N)CC3)nc21. The molecule has 0 spiro atoms. The topological polar surface area (TPSA) is 120 Å². The molecule has 0 bridgehead atoms. The number of rotatable bonds is 7. The van der Waals surface area contributed by atoms with Crippen molar-refractivity contribution in [3.63, 3.8) is 0 Å². The molecule has 32 heavy (non-hydrogen) atoms. The van der Waals surface area contributed by atoms with Gasteiger partial charge < -0.3 is 22.1 Å². The van der Waals surface area contributed by atoms with Gasteiger partial charge in [0.15, 0.2) is 11.6 Å². The minimum atomic E-state index is 0.224. The van der Waals surface area contributed by atoms with Crippen LogP contribution < -0.4 is 37.7 Å². The summed E-state index contributed by atoms with van der Waals surface area (Å²) in [6, 6.07) is 9.01. The zero-order valence-electron chi connectivity index (χ0n) is 19.6. The molecule has 1 aromatic carbocycles. The second-order valence-corrected chi connectivity index (χ2v) is 9.40. The van der Waals surface area contributed by atoms with Crippen LogP contribution in [0.15, 0.2) is 24.3 Å². The molecule has 7 N–H and O–H groups in total. The van der Waals surface area contributed by atoms with E-state index in [1.165, 1.54) is 0 Å². The van der Waals surface area contributed by atoms with Crippen LogP contribution in [0, 0.1) is 0 Å². The standard InChI is InChI=1S/C23H37N9/c1-14(2)31-20-21(26-13-16-7-5-6-8-19(16)25)28-23(27-18-11-9-17(24)10-12-18)29-22(20)32(30-31)15(3)4/h5-8,14-15,17-18,30H,9-13,24-25H2,1-4H3,(H2,26,27,28,29). The van der Waals surface area contributed by atoms with Gasteiger partial charge >= 0.3 is 0 Å². The number of hydrogen-bond donors (Lipinski definition) is 5. The number of nitrogens with zero attached hydrogens (tertiary/aromatic N) is 4. The molecular weight excluding hydrogens is 402 g/mol. The molecule has 174 valence electrons. The van der Waals surface area contributed by atoms with Gasteiger partial charge in [-0.2, -0.15) is 9.97 Å². The lowest BCUT2D eigenvalue weighted by Gasteiger charge is -2.27. The van der Waals surface area contributed by atoms with Crippen LogP contribution in [-0.4, -0.2) is 34.1 Å². The van der Waals surface area contributed by atoms with Crippen molar-refractivity contribution < 1.29 is 0 Å². The Balaban J connectivity index is 1.67. The summed E-state index contributed by atoms with van der Waals surface area (Å²) >= 11 is 0. The largest absolute Gasteiger partial charge is 0.398 e. The van der Waals surface area contributed by atoms with Crippen LogP contribution >= 0.6 is 0 Å². The van der Waals surface area contributed by atoms with Crippen LogP contribution in [0.2, 0.25) is 0 Å². The number of aromatic nitrogens is 2. The molecule has 2 heterocycles. The van der Waals surface area contributed by atoms with Crippen LogP contribution in [0.25, 0.3) is 0 Å². The molecule has 0 radical (unpaired) electrons. The Bertz CT molecular complexity index is 922. The molecule has 0 unspecified atom stereocenters. The van der Waals surface area contributed by atoms with E-state index in [0.717, 1.165) is 54.3 Å². The molecule has 0 amide bonds. The highest BCUT2D eigenvalue weighted by Crippen LogP contribution is 2.40. The Morgan fingerprint density at radius 1 is 1.03 bits per heavy atom. The summed E-state index contributed by atoms with van der Waals surface area (Å²) in [4.78, 5) is 9.85. The monoisotopic (exact) mass is 439 g/mol. The van der Waals surface area contributed by atoms with E-state index < -0.39 is 0 Å². The number of fused-ring (bicyclic) bond motifs is 1. The van der Waals surface area contributed by atoms with E-state index in [-0.39, 0.29) is 12.1 Å². The number of nitrogen functional groups attached to an aromatic ring is 1. The normalized spacial score (nSPS) is 20.7. The van der Waals surface area contributed by atoms with Gasteiger partial charge in [0.25, 0.3) is 0 Å². The Labute approximate surface area is 190 Å². The third-order valence-corrected chi connectivity index (χ3v) is 6.19. The van der Waals surface area contributed by atoms with Gasteiger partial charge in [-0.05, 0) is 65.0 Å². The molecule has 4 rings (SSSR count). The summed E-state index contributed by atoms with van der Waals surface area (Å²) < 4.78 is 0. The van der Waals surface area contributed by atoms with E-state index >= 15 is 0 Å². The maximum absolute atomic E-state index is 6.17. The molecule has 0 saturated heterocycles. The van der Waals surface area contributed by atoms with Crippen LogP contribution in [0.5, 0.6) is 0 Å². The number of para-hydroxylation sites is 1. The fraction of sp³-hybridized carbons (Fsp3) is 0.565. The van der Waals surface area contributed by atoms with Gasteiger partial charge in [0, 0.05) is 36.4 Å². The van der Waals surface area contributed by atoms with E-state index in [1.54, 1.807) is 0 Å². The third kappa shape index (κ3) is 4.68. The summed E-state index contributed by atoms with van der Waals surface area (Å²) in [6.07, 6.45) is 4.13. The Morgan fingerprint density at radius 2 is 1.72 bits per heavy atom. The summed E-state index contributed by atoms with van der Waals surface area (Å²) in [5, 5.41) is 11.3. The zero-order chi connectivity index (χ0) is 22.8. The smallest absolute Gasteiger partial charge is 0.227 e. The Hall–Kier alpha value is -2.78. The average molecular weight is 440 g/mol. The molecule has 1 fully saturated rings. The predicted molar refractivity (Wildman–Crippen MR) is 132 cm³/mol. The number of anilines is 5. The second kappa shape index (κ2) is 9.38. The summed E-state index contributed by atoms with van der Waals surface area (Å²) in [5.41, 5.74) is 18.5. The third-order valence-electron chi connectivity index (χ3n) is 6.19. The lowest BCUT2D eigenvalue weighted by atomic mass is 9.92. The molecule has 1 aliphatic carbocycles. The lowest BCUT2D eigenvalue weighted by Crippen LogP contribution is -2.50. The fourth-order valence-electron chi connectivity index (χ4n) is 4.29. The summed E-state index contributed by atoms with van der Waals surface area (Å²) in [6.45, 7) is 9.18. The van der Waals surface area contributed by atoms with Crippen molar-refractivity contribution in [2.24, 2.45) is 5.73 Å². The molecule has 9 nitrogen and oxygen atoms in total. The maximum Gasteiger partial charge on any atom is 0.227 e.